The van der Waals surface area contributed by atoms with Gasteiger partial charge in [-0.05, 0) is 36.8 Å². The Morgan fingerprint density at radius 1 is 1.29 bits per heavy atom. The number of hydrogen-bond donors (Lipinski definition) is 2. The molecule has 0 bridgehead atoms. The van der Waals surface area contributed by atoms with E-state index in [1.54, 1.807) is 6.07 Å². The smallest absolute Gasteiger partial charge is 0.257 e. The van der Waals surface area contributed by atoms with Gasteiger partial charge in [-0.1, -0.05) is 30.1 Å². The van der Waals surface area contributed by atoms with Crippen LogP contribution in [-0.4, -0.2) is 17.6 Å². The molecule has 0 fully saturated rings. The van der Waals surface area contributed by atoms with Crippen molar-refractivity contribution in [3.05, 3.63) is 33.8 Å². The maximum absolute atomic E-state index is 11.8. The van der Waals surface area contributed by atoms with Crippen molar-refractivity contribution >= 4 is 46.4 Å². The van der Waals surface area contributed by atoms with Crippen LogP contribution in [0.2, 0.25) is 10.0 Å². The van der Waals surface area contributed by atoms with Crippen molar-refractivity contribution in [2.75, 3.05) is 6.54 Å². The molecule has 1 amide bonds. The zero-order valence-corrected chi connectivity index (χ0v) is 11.5. The first kappa shape index (κ1) is 14.2. The van der Waals surface area contributed by atoms with Gasteiger partial charge in [0.25, 0.3) is 5.91 Å². The van der Waals surface area contributed by atoms with Crippen molar-refractivity contribution in [3.8, 4) is 0 Å². The Kier molecular flexibility index (Phi) is 5.68. The highest BCUT2D eigenvalue weighted by molar-refractivity contribution is 7.80. The first-order valence-electron chi connectivity index (χ1n) is 5.08. The summed E-state index contributed by atoms with van der Waals surface area (Å²) in [6.07, 6.45) is 0.930. The summed E-state index contributed by atoms with van der Waals surface area (Å²) in [6.45, 7) is 2.73. The standard InChI is InChI=1S/C11H12Cl2N2OS/c1-2-3-14-11(17)15-10(16)7-4-8(12)6-9(13)5-7/h4-6H,2-3H2,1H3,(H2,14,15,16,17). The Morgan fingerprint density at radius 3 is 2.41 bits per heavy atom. The maximum Gasteiger partial charge on any atom is 0.257 e. The topological polar surface area (TPSA) is 41.1 Å². The molecule has 0 spiro atoms. The lowest BCUT2D eigenvalue weighted by Crippen LogP contribution is -2.39. The van der Waals surface area contributed by atoms with Gasteiger partial charge >= 0.3 is 0 Å². The maximum atomic E-state index is 11.8. The lowest BCUT2D eigenvalue weighted by molar-refractivity contribution is 0.0976. The number of thiocarbonyl (C=S) groups is 1. The molecule has 0 saturated carbocycles. The number of halogens is 2. The van der Waals surface area contributed by atoms with E-state index in [0.717, 1.165) is 13.0 Å². The van der Waals surface area contributed by atoms with Crippen LogP contribution in [0.4, 0.5) is 0 Å². The van der Waals surface area contributed by atoms with E-state index in [4.69, 9.17) is 35.4 Å². The fourth-order valence-electron chi connectivity index (χ4n) is 1.14. The van der Waals surface area contributed by atoms with Crippen LogP contribution >= 0.6 is 35.4 Å². The van der Waals surface area contributed by atoms with Crippen LogP contribution in [-0.2, 0) is 0 Å². The van der Waals surface area contributed by atoms with Crippen LogP contribution in [0.1, 0.15) is 23.7 Å². The monoisotopic (exact) mass is 290 g/mol. The zero-order valence-electron chi connectivity index (χ0n) is 9.22. The molecule has 0 atom stereocenters. The van der Waals surface area contributed by atoms with E-state index in [0.29, 0.717) is 20.7 Å². The SMILES string of the molecule is CCCNC(=S)NC(=O)c1cc(Cl)cc(Cl)c1. The molecule has 0 aliphatic heterocycles. The van der Waals surface area contributed by atoms with E-state index in [9.17, 15) is 4.79 Å². The summed E-state index contributed by atoms with van der Waals surface area (Å²) in [6, 6.07) is 4.63. The van der Waals surface area contributed by atoms with Crippen molar-refractivity contribution < 1.29 is 4.79 Å². The van der Waals surface area contributed by atoms with Crippen molar-refractivity contribution in [1.29, 1.82) is 0 Å². The lowest BCUT2D eigenvalue weighted by Gasteiger charge is -2.08. The van der Waals surface area contributed by atoms with E-state index < -0.39 is 0 Å². The molecule has 0 heterocycles. The summed E-state index contributed by atoms with van der Waals surface area (Å²) in [7, 11) is 0. The van der Waals surface area contributed by atoms with Crippen molar-refractivity contribution in [3.63, 3.8) is 0 Å². The Hall–Kier alpha value is -0.840. The van der Waals surface area contributed by atoms with Gasteiger partial charge in [0.05, 0.1) is 0 Å². The second-order valence-electron chi connectivity index (χ2n) is 3.37. The number of nitrogens with one attached hydrogen (secondary N) is 2. The molecule has 0 unspecified atom stereocenters. The van der Waals surface area contributed by atoms with Crippen LogP contribution in [0, 0.1) is 0 Å². The minimum Gasteiger partial charge on any atom is -0.362 e. The summed E-state index contributed by atoms with van der Waals surface area (Å²) in [4.78, 5) is 11.8. The molecular formula is C11H12Cl2N2OS. The normalized spacial score (nSPS) is 9.82. The molecule has 1 rings (SSSR count). The highest BCUT2D eigenvalue weighted by atomic mass is 35.5. The third-order valence-corrected chi connectivity index (χ3v) is 2.57. The summed E-state index contributed by atoms with van der Waals surface area (Å²) >= 11 is 16.6. The minimum absolute atomic E-state index is 0.299. The van der Waals surface area contributed by atoms with Gasteiger partial charge in [-0.2, -0.15) is 0 Å². The fraction of sp³-hybridized carbons (Fsp3) is 0.273. The molecule has 0 aliphatic rings. The molecule has 6 heteroatoms. The Morgan fingerprint density at radius 2 is 1.88 bits per heavy atom. The molecule has 92 valence electrons. The highest BCUT2D eigenvalue weighted by Crippen LogP contribution is 2.18. The molecular weight excluding hydrogens is 279 g/mol. The minimum atomic E-state index is -0.331. The number of carbonyl (C=O) groups is 1. The van der Waals surface area contributed by atoms with Crippen LogP contribution in [0.15, 0.2) is 18.2 Å². The molecule has 0 saturated heterocycles. The molecule has 1 aromatic carbocycles. The van der Waals surface area contributed by atoms with Gasteiger partial charge in [0.1, 0.15) is 0 Å². The molecule has 0 aliphatic carbocycles. The first-order valence-corrected chi connectivity index (χ1v) is 6.24. The Bertz CT molecular complexity index is 417. The van der Waals surface area contributed by atoms with Gasteiger partial charge in [0.15, 0.2) is 5.11 Å². The molecule has 1 aromatic rings. The van der Waals surface area contributed by atoms with Crippen LogP contribution in [0.25, 0.3) is 0 Å². The number of hydrogen-bond acceptors (Lipinski definition) is 2. The largest absolute Gasteiger partial charge is 0.362 e. The first-order chi connectivity index (χ1) is 8.02. The summed E-state index contributed by atoms with van der Waals surface area (Å²) in [5.74, 6) is -0.331. The molecule has 3 nitrogen and oxygen atoms in total. The summed E-state index contributed by atoms with van der Waals surface area (Å²) in [5.41, 5.74) is 0.378. The third-order valence-electron chi connectivity index (χ3n) is 1.89. The number of amides is 1. The van der Waals surface area contributed by atoms with Gasteiger partial charge in [-0.3, -0.25) is 10.1 Å². The number of carbonyl (C=O) groups excluding carboxylic acids is 1. The van der Waals surface area contributed by atoms with E-state index >= 15 is 0 Å². The van der Waals surface area contributed by atoms with Crippen LogP contribution in [0.5, 0.6) is 0 Å². The molecule has 0 radical (unpaired) electrons. The van der Waals surface area contributed by atoms with Gasteiger partial charge in [-0.25, -0.2) is 0 Å². The number of rotatable bonds is 3. The average Bonchev–Trinajstić information content (AvgIpc) is 2.25. The van der Waals surface area contributed by atoms with Crippen LogP contribution in [0.3, 0.4) is 0 Å². The lowest BCUT2D eigenvalue weighted by atomic mass is 10.2. The van der Waals surface area contributed by atoms with E-state index in [1.807, 2.05) is 6.92 Å². The summed E-state index contributed by atoms with van der Waals surface area (Å²) < 4.78 is 0. The molecule has 17 heavy (non-hydrogen) atoms. The Labute approximate surface area is 115 Å². The van der Waals surface area contributed by atoms with Gasteiger partial charge in [0.2, 0.25) is 0 Å². The zero-order chi connectivity index (χ0) is 12.8. The van der Waals surface area contributed by atoms with E-state index in [-0.39, 0.29) is 5.91 Å². The van der Waals surface area contributed by atoms with Gasteiger partial charge in [-0.15, -0.1) is 0 Å². The third kappa shape index (κ3) is 4.89. The van der Waals surface area contributed by atoms with Crippen molar-refractivity contribution in [2.45, 2.75) is 13.3 Å². The van der Waals surface area contributed by atoms with E-state index in [1.165, 1.54) is 12.1 Å². The van der Waals surface area contributed by atoms with Crippen LogP contribution < -0.4 is 10.6 Å². The second kappa shape index (κ2) is 6.79. The average molecular weight is 291 g/mol. The predicted molar refractivity (Wildman–Crippen MR) is 74.8 cm³/mol. The second-order valence-corrected chi connectivity index (χ2v) is 4.65. The van der Waals surface area contributed by atoms with Gasteiger partial charge < -0.3 is 5.32 Å². The van der Waals surface area contributed by atoms with Gasteiger partial charge in [0, 0.05) is 22.2 Å². The molecule has 2 N–H and O–H groups in total. The van der Waals surface area contributed by atoms with Crippen molar-refractivity contribution in [2.24, 2.45) is 0 Å². The number of benzene rings is 1. The Balaban J connectivity index is 2.66. The van der Waals surface area contributed by atoms with Crippen molar-refractivity contribution in [1.82, 2.24) is 10.6 Å². The fourth-order valence-corrected chi connectivity index (χ4v) is 1.86. The quantitative estimate of drug-likeness (QED) is 0.841. The summed E-state index contributed by atoms with van der Waals surface area (Å²) in [5, 5.41) is 6.57. The highest BCUT2D eigenvalue weighted by Gasteiger charge is 2.09. The van der Waals surface area contributed by atoms with E-state index in [2.05, 4.69) is 10.6 Å². The molecule has 0 aromatic heterocycles. The predicted octanol–water partition coefficient (Wildman–Crippen LogP) is 3.01.